The predicted octanol–water partition coefficient (Wildman–Crippen LogP) is 3.04. The van der Waals surface area contributed by atoms with Crippen LogP contribution in [0.1, 0.15) is 38.8 Å². The summed E-state index contributed by atoms with van der Waals surface area (Å²) >= 11 is 0.855. The van der Waals surface area contributed by atoms with Crippen molar-refractivity contribution < 1.29 is 23.1 Å². The van der Waals surface area contributed by atoms with Gasteiger partial charge in [-0.25, -0.2) is 13.2 Å². The molecule has 2 aromatic rings. The van der Waals surface area contributed by atoms with Gasteiger partial charge in [0.2, 0.25) is 10.0 Å². The summed E-state index contributed by atoms with van der Waals surface area (Å²) in [5.74, 6) is -1.59. The van der Waals surface area contributed by atoms with Gasteiger partial charge in [0.05, 0.1) is 9.77 Å². The molecule has 2 rings (SSSR count). The summed E-state index contributed by atoms with van der Waals surface area (Å²) < 4.78 is 26.8. The number of carbonyl (C=O) groups is 2. The number of benzene rings is 1. The number of thiophene rings is 1. The van der Waals surface area contributed by atoms with Crippen LogP contribution in [0.4, 0.5) is 5.69 Å². The molecule has 1 heterocycles. The average Bonchev–Trinajstić information content (AvgIpc) is 3.07. The number of nitrogens with zero attached hydrogens (tertiary/aromatic N) is 1. The molecule has 9 heteroatoms. The van der Waals surface area contributed by atoms with Crippen LogP contribution in [-0.4, -0.2) is 42.8 Å². The molecule has 7 nitrogen and oxygen atoms in total. The van der Waals surface area contributed by atoms with Gasteiger partial charge in [-0.05, 0) is 36.8 Å². The summed E-state index contributed by atoms with van der Waals surface area (Å²) in [6.07, 6.45) is 0. The van der Waals surface area contributed by atoms with Crippen LogP contribution in [0.25, 0.3) is 0 Å². The number of carbonyl (C=O) groups excluding carboxylic acids is 1. The van der Waals surface area contributed by atoms with Crippen LogP contribution in [-0.2, 0) is 10.0 Å². The normalized spacial score (nSPS) is 11.5. The van der Waals surface area contributed by atoms with E-state index in [4.69, 9.17) is 5.11 Å². The monoisotopic (exact) mass is 396 g/mol. The largest absolute Gasteiger partial charge is 0.477 e. The predicted molar refractivity (Wildman–Crippen MR) is 101 cm³/mol. The van der Waals surface area contributed by atoms with Gasteiger partial charge < -0.3 is 10.4 Å². The number of carboxylic acid groups (broad SMARTS) is 1. The molecule has 0 unspecified atom stereocenters. The van der Waals surface area contributed by atoms with E-state index in [9.17, 15) is 18.0 Å². The number of hydrogen-bond donors (Lipinski definition) is 2. The van der Waals surface area contributed by atoms with E-state index in [1.54, 1.807) is 32.9 Å². The van der Waals surface area contributed by atoms with Gasteiger partial charge in [-0.1, -0.05) is 19.9 Å². The van der Waals surface area contributed by atoms with E-state index < -0.39 is 21.9 Å². The number of amides is 1. The van der Waals surface area contributed by atoms with Crippen molar-refractivity contribution in [1.29, 1.82) is 0 Å². The van der Waals surface area contributed by atoms with Crippen LogP contribution in [0, 0.1) is 6.92 Å². The number of anilines is 1. The first-order valence-electron chi connectivity index (χ1n) is 7.96. The van der Waals surface area contributed by atoms with E-state index in [2.05, 4.69) is 5.32 Å². The second-order valence-corrected chi connectivity index (χ2v) is 8.48. The molecule has 0 spiro atoms. The average molecular weight is 396 g/mol. The van der Waals surface area contributed by atoms with Crippen molar-refractivity contribution in [3.8, 4) is 0 Å². The van der Waals surface area contributed by atoms with Crippen molar-refractivity contribution in [1.82, 2.24) is 4.31 Å². The molecule has 0 aliphatic carbocycles. The Hall–Kier alpha value is -2.23. The van der Waals surface area contributed by atoms with Crippen LogP contribution in [0.15, 0.2) is 35.2 Å². The maximum absolute atomic E-state index is 12.8. The van der Waals surface area contributed by atoms with Crippen molar-refractivity contribution in [2.24, 2.45) is 0 Å². The molecule has 1 aromatic heterocycles. The Balaban J connectivity index is 2.31. The van der Waals surface area contributed by atoms with Crippen molar-refractivity contribution in [3.05, 3.63) is 45.6 Å². The Morgan fingerprint density at radius 2 is 1.73 bits per heavy atom. The minimum Gasteiger partial charge on any atom is -0.477 e. The number of sulfonamides is 1. The van der Waals surface area contributed by atoms with Crippen LogP contribution in [0.5, 0.6) is 0 Å². The van der Waals surface area contributed by atoms with E-state index >= 15 is 0 Å². The third kappa shape index (κ3) is 4.12. The topological polar surface area (TPSA) is 104 Å². The van der Waals surface area contributed by atoms with Gasteiger partial charge in [0.15, 0.2) is 0 Å². The zero-order valence-electron chi connectivity index (χ0n) is 14.6. The van der Waals surface area contributed by atoms with Crippen LogP contribution < -0.4 is 5.32 Å². The fraction of sp³-hybridized carbons (Fsp3) is 0.294. The highest BCUT2D eigenvalue weighted by atomic mass is 32.2. The highest BCUT2D eigenvalue weighted by molar-refractivity contribution is 7.89. The fourth-order valence-electron chi connectivity index (χ4n) is 2.43. The van der Waals surface area contributed by atoms with Crippen molar-refractivity contribution in [2.75, 3.05) is 18.4 Å². The molecule has 0 atom stereocenters. The van der Waals surface area contributed by atoms with Crippen LogP contribution in [0.3, 0.4) is 0 Å². The summed E-state index contributed by atoms with van der Waals surface area (Å²) in [4.78, 5) is 23.6. The second kappa shape index (κ2) is 7.98. The van der Waals surface area contributed by atoms with E-state index in [1.807, 2.05) is 0 Å². The number of hydrogen-bond acceptors (Lipinski definition) is 5. The Morgan fingerprint density at radius 3 is 2.27 bits per heavy atom. The molecule has 0 aliphatic heterocycles. The highest BCUT2D eigenvalue weighted by Crippen LogP contribution is 2.25. The molecule has 0 aliphatic rings. The summed E-state index contributed by atoms with van der Waals surface area (Å²) in [6, 6.07) is 7.44. The maximum Gasteiger partial charge on any atom is 0.345 e. The Labute approximate surface area is 156 Å². The molecule has 0 saturated heterocycles. The lowest BCUT2D eigenvalue weighted by molar-refractivity contribution is 0.0702. The van der Waals surface area contributed by atoms with E-state index in [0.29, 0.717) is 24.3 Å². The first-order valence-corrected chi connectivity index (χ1v) is 10.2. The van der Waals surface area contributed by atoms with E-state index in [-0.39, 0.29) is 14.6 Å². The molecule has 0 bridgehead atoms. The van der Waals surface area contributed by atoms with Gasteiger partial charge in [0.1, 0.15) is 4.88 Å². The minimum atomic E-state index is -3.66. The van der Waals surface area contributed by atoms with Gasteiger partial charge in [0, 0.05) is 18.8 Å². The molecule has 1 aromatic carbocycles. The third-order valence-corrected chi connectivity index (χ3v) is 7.07. The molecular weight excluding hydrogens is 376 g/mol. The number of aromatic carboxylic acids is 1. The zero-order chi connectivity index (χ0) is 19.5. The van der Waals surface area contributed by atoms with Crippen LogP contribution in [0.2, 0.25) is 0 Å². The second-order valence-electron chi connectivity index (χ2n) is 5.49. The molecule has 26 heavy (non-hydrogen) atoms. The van der Waals surface area contributed by atoms with Crippen LogP contribution >= 0.6 is 11.3 Å². The molecule has 0 radical (unpaired) electrons. The fourth-order valence-corrected chi connectivity index (χ4v) is 4.87. The first kappa shape index (κ1) is 20.1. The van der Waals surface area contributed by atoms with Gasteiger partial charge in [0.25, 0.3) is 5.91 Å². The highest BCUT2D eigenvalue weighted by Gasteiger charge is 2.24. The number of carboxylic acids is 1. The summed E-state index contributed by atoms with van der Waals surface area (Å²) in [5.41, 5.74) is 0.913. The quantitative estimate of drug-likeness (QED) is 0.749. The summed E-state index contributed by atoms with van der Waals surface area (Å²) in [7, 11) is -3.66. The summed E-state index contributed by atoms with van der Waals surface area (Å²) in [5, 5.41) is 11.6. The lowest BCUT2D eigenvalue weighted by Gasteiger charge is -2.20. The third-order valence-electron chi connectivity index (χ3n) is 3.81. The standard InChI is InChI=1S/C17H20N2O5S2/c1-4-19(5-2)26(23,24)15-10-12(7-6-11(15)3)18-16(20)13-8-9-14(25-13)17(21)22/h6-10H,4-5H2,1-3H3,(H,18,20)(H,21,22). The van der Waals surface area contributed by atoms with Gasteiger partial charge in [-0.2, -0.15) is 4.31 Å². The van der Waals surface area contributed by atoms with Crippen molar-refractivity contribution >= 4 is 38.9 Å². The first-order chi connectivity index (χ1) is 12.2. The molecule has 1 amide bonds. The van der Waals surface area contributed by atoms with E-state index in [0.717, 1.165) is 11.3 Å². The smallest absolute Gasteiger partial charge is 0.345 e. The maximum atomic E-state index is 12.8. The number of aryl methyl sites for hydroxylation is 1. The van der Waals surface area contributed by atoms with Crippen molar-refractivity contribution in [3.63, 3.8) is 0 Å². The lowest BCUT2D eigenvalue weighted by Crippen LogP contribution is -2.31. The summed E-state index contributed by atoms with van der Waals surface area (Å²) in [6.45, 7) is 5.92. The van der Waals surface area contributed by atoms with Gasteiger partial charge >= 0.3 is 5.97 Å². The molecule has 0 saturated carbocycles. The van der Waals surface area contributed by atoms with Crippen molar-refractivity contribution in [2.45, 2.75) is 25.7 Å². The minimum absolute atomic E-state index is 0.0591. The molecule has 140 valence electrons. The lowest BCUT2D eigenvalue weighted by atomic mass is 10.2. The number of rotatable bonds is 7. The Kier molecular flexibility index (Phi) is 6.17. The Morgan fingerprint density at radius 1 is 1.12 bits per heavy atom. The zero-order valence-corrected chi connectivity index (χ0v) is 16.3. The number of nitrogens with one attached hydrogen (secondary N) is 1. The van der Waals surface area contributed by atoms with E-state index in [1.165, 1.54) is 22.5 Å². The molecule has 0 fully saturated rings. The van der Waals surface area contributed by atoms with Gasteiger partial charge in [-0.3, -0.25) is 4.79 Å². The SMILES string of the molecule is CCN(CC)S(=O)(=O)c1cc(NC(=O)c2ccc(C(=O)O)s2)ccc1C. The molecular formula is C17H20N2O5S2. The molecule has 2 N–H and O–H groups in total. The Bertz CT molecular complexity index is 930. The van der Waals surface area contributed by atoms with Gasteiger partial charge in [-0.15, -0.1) is 11.3 Å².